The summed E-state index contributed by atoms with van der Waals surface area (Å²) in [6.07, 6.45) is 10.3. The van der Waals surface area contributed by atoms with Crippen molar-refractivity contribution in [2.75, 3.05) is 13.7 Å². The first-order valence-electron chi connectivity index (χ1n) is 10.6. The van der Waals surface area contributed by atoms with Crippen molar-refractivity contribution in [2.24, 2.45) is 5.92 Å². The molecule has 0 saturated heterocycles. The van der Waals surface area contributed by atoms with Crippen LogP contribution in [0.2, 0.25) is 0 Å². The maximum atomic E-state index is 13.0. The van der Waals surface area contributed by atoms with Gasteiger partial charge in [-0.3, -0.25) is 9.59 Å². The van der Waals surface area contributed by atoms with Crippen LogP contribution in [0.15, 0.2) is 30.3 Å². The SMILES string of the molecule is COC(=O)C(C)CN(C(=O)/C=C/c1ccc(C(C)C)cc1)C1CCCCCC1. The van der Waals surface area contributed by atoms with Crippen LogP contribution in [-0.2, 0) is 14.3 Å². The van der Waals surface area contributed by atoms with Crippen LogP contribution in [0.3, 0.4) is 0 Å². The fourth-order valence-electron chi connectivity index (χ4n) is 3.81. The Balaban J connectivity index is 2.13. The maximum absolute atomic E-state index is 13.0. The molecule has 2 rings (SSSR count). The lowest BCUT2D eigenvalue weighted by molar-refractivity contribution is -0.146. The molecule has 0 spiro atoms. The van der Waals surface area contributed by atoms with Crippen molar-refractivity contribution < 1.29 is 14.3 Å². The van der Waals surface area contributed by atoms with Gasteiger partial charge in [0, 0.05) is 18.7 Å². The number of hydrogen-bond donors (Lipinski definition) is 0. The lowest BCUT2D eigenvalue weighted by atomic mass is 10.0. The summed E-state index contributed by atoms with van der Waals surface area (Å²) < 4.78 is 4.87. The van der Waals surface area contributed by atoms with Crippen LogP contribution in [0.4, 0.5) is 0 Å². The van der Waals surface area contributed by atoms with Gasteiger partial charge in [-0.25, -0.2) is 0 Å². The van der Waals surface area contributed by atoms with Crippen molar-refractivity contribution in [1.29, 1.82) is 0 Å². The summed E-state index contributed by atoms with van der Waals surface area (Å²) in [6.45, 7) is 6.58. The summed E-state index contributed by atoms with van der Waals surface area (Å²) in [6, 6.07) is 8.52. The largest absolute Gasteiger partial charge is 0.469 e. The Morgan fingerprint density at radius 2 is 1.68 bits per heavy atom. The average Bonchev–Trinajstić information content (AvgIpc) is 2.99. The first kappa shape index (κ1) is 22.2. The van der Waals surface area contributed by atoms with Crippen LogP contribution in [-0.4, -0.2) is 36.5 Å². The Morgan fingerprint density at radius 1 is 1.07 bits per heavy atom. The number of nitrogens with zero attached hydrogens (tertiary/aromatic N) is 1. The van der Waals surface area contributed by atoms with Gasteiger partial charge in [0.25, 0.3) is 0 Å². The van der Waals surface area contributed by atoms with Gasteiger partial charge >= 0.3 is 5.97 Å². The zero-order chi connectivity index (χ0) is 20.5. The molecule has 0 N–H and O–H groups in total. The predicted octanol–water partition coefficient (Wildman–Crippen LogP) is 5.18. The summed E-state index contributed by atoms with van der Waals surface area (Å²) in [5, 5.41) is 0. The normalized spacial score (nSPS) is 16.8. The van der Waals surface area contributed by atoms with Gasteiger partial charge in [0.05, 0.1) is 13.0 Å². The van der Waals surface area contributed by atoms with E-state index in [0.29, 0.717) is 12.5 Å². The van der Waals surface area contributed by atoms with Gasteiger partial charge in [-0.15, -0.1) is 0 Å². The van der Waals surface area contributed by atoms with Gasteiger partial charge in [-0.1, -0.05) is 70.7 Å². The second kappa shape index (κ2) is 11.0. The van der Waals surface area contributed by atoms with Gasteiger partial charge in [0.1, 0.15) is 0 Å². The molecule has 1 fully saturated rings. The van der Waals surface area contributed by atoms with Crippen molar-refractivity contribution in [3.05, 3.63) is 41.5 Å². The molecule has 0 radical (unpaired) electrons. The standard InChI is InChI=1S/C24H35NO3/c1-18(2)21-14-11-20(12-15-21)13-16-23(26)25(17-19(3)24(27)28-4)22-9-7-5-6-8-10-22/h11-16,18-19,22H,5-10,17H2,1-4H3/b16-13+. The molecule has 28 heavy (non-hydrogen) atoms. The lowest BCUT2D eigenvalue weighted by Crippen LogP contribution is -2.43. The van der Waals surface area contributed by atoms with Crippen molar-refractivity contribution >= 4 is 18.0 Å². The maximum Gasteiger partial charge on any atom is 0.310 e. The Bertz CT molecular complexity index is 655. The van der Waals surface area contributed by atoms with E-state index in [0.717, 1.165) is 31.2 Å². The molecule has 1 aliphatic rings. The second-order valence-corrected chi connectivity index (χ2v) is 8.21. The molecule has 4 nitrogen and oxygen atoms in total. The lowest BCUT2D eigenvalue weighted by Gasteiger charge is -2.32. The fraction of sp³-hybridized carbons (Fsp3) is 0.583. The van der Waals surface area contributed by atoms with E-state index in [2.05, 4.69) is 26.0 Å². The Hall–Kier alpha value is -2.10. The van der Waals surface area contributed by atoms with Crippen molar-refractivity contribution in [2.45, 2.75) is 71.3 Å². The number of ether oxygens (including phenoxy) is 1. The number of hydrogen-bond acceptors (Lipinski definition) is 3. The third kappa shape index (κ3) is 6.50. The minimum atomic E-state index is -0.323. The molecule has 1 atom stereocenters. The Labute approximate surface area is 170 Å². The molecule has 0 heterocycles. The Morgan fingerprint density at radius 3 is 2.21 bits per heavy atom. The van der Waals surface area contributed by atoms with Gasteiger partial charge in [0.15, 0.2) is 0 Å². The molecule has 1 saturated carbocycles. The molecule has 154 valence electrons. The molecule has 1 unspecified atom stereocenters. The van der Waals surface area contributed by atoms with E-state index in [-0.39, 0.29) is 23.8 Å². The number of benzene rings is 1. The molecular formula is C24H35NO3. The predicted molar refractivity (Wildman–Crippen MR) is 114 cm³/mol. The smallest absolute Gasteiger partial charge is 0.310 e. The quantitative estimate of drug-likeness (QED) is 0.369. The van der Waals surface area contributed by atoms with Crippen LogP contribution in [0, 0.1) is 5.92 Å². The van der Waals surface area contributed by atoms with Crippen LogP contribution in [0.25, 0.3) is 6.08 Å². The molecule has 1 aliphatic carbocycles. The minimum Gasteiger partial charge on any atom is -0.469 e. The van der Waals surface area contributed by atoms with E-state index in [1.165, 1.54) is 25.5 Å². The van der Waals surface area contributed by atoms with Gasteiger partial charge in [0.2, 0.25) is 5.91 Å². The van der Waals surface area contributed by atoms with Crippen molar-refractivity contribution in [3.8, 4) is 0 Å². The van der Waals surface area contributed by atoms with E-state index in [4.69, 9.17) is 4.74 Å². The third-order valence-corrected chi connectivity index (χ3v) is 5.64. The van der Waals surface area contributed by atoms with Crippen LogP contribution in [0.1, 0.15) is 76.3 Å². The number of carbonyl (C=O) groups excluding carboxylic acids is 2. The van der Waals surface area contributed by atoms with E-state index in [1.807, 2.05) is 30.0 Å². The highest BCUT2D eigenvalue weighted by Crippen LogP contribution is 2.24. The third-order valence-electron chi connectivity index (χ3n) is 5.64. The number of esters is 1. The monoisotopic (exact) mass is 385 g/mol. The molecule has 1 aromatic carbocycles. The van der Waals surface area contributed by atoms with E-state index < -0.39 is 0 Å². The molecule has 1 amide bonds. The Kier molecular flexibility index (Phi) is 8.75. The van der Waals surface area contributed by atoms with E-state index in [9.17, 15) is 9.59 Å². The van der Waals surface area contributed by atoms with E-state index in [1.54, 1.807) is 6.08 Å². The number of methoxy groups -OCH3 is 1. The highest BCUT2D eigenvalue weighted by atomic mass is 16.5. The summed E-state index contributed by atoms with van der Waals surface area (Å²) in [4.78, 5) is 26.8. The van der Waals surface area contributed by atoms with Gasteiger partial charge < -0.3 is 9.64 Å². The minimum absolute atomic E-state index is 0.0180. The fourth-order valence-corrected chi connectivity index (χ4v) is 3.81. The molecule has 1 aromatic rings. The highest BCUT2D eigenvalue weighted by Gasteiger charge is 2.27. The zero-order valence-electron chi connectivity index (χ0n) is 17.8. The molecule has 0 aliphatic heterocycles. The first-order valence-corrected chi connectivity index (χ1v) is 10.6. The summed E-state index contributed by atoms with van der Waals surface area (Å²) >= 11 is 0. The van der Waals surface area contributed by atoms with Crippen molar-refractivity contribution in [1.82, 2.24) is 4.90 Å². The van der Waals surface area contributed by atoms with Crippen molar-refractivity contribution in [3.63, 3.8) is 0 Å². The number of carbonyl (C=O) groups is 2. The average molecular weight is 386 g/mol. The van der Waals surface area contributed by atoms with E-state index >= 15 is 0 Å². The van der Waals surface area contributed by atoms with Crippen LogP contribution < -0.4 is 0 Å². The molecule has 4 heteroatoms. The molecule has 0 bridgehead atoms. The zero-order valence-corrected chi connectivity index (χ0v) is 17.8. The molecular weight excluding hydrogens is 350 g/mol. The summed E-state index contributed by atoms with van der Waals surface area (Å²) in [5.74, 6) is -0.114. The summed E-state index contributed by atoms with van der Waals surface area (Å²) in [5.41, 5.74) is 2.30. The summed E-state index contributed by atoms with van der Waals surface area (Å²) in [7, 11) is 1.40. The van der Waals surface area contributed by atoms with Crippen LogP contribution >= 0.6 is 0 Å². The number of rotatable bonds is 7. The first-order chi connectivity index (χ1) is 13.4. The number of amides is 1. The van der Waals surface area contributed by atoms with Gasteiger partial charge in [-0.2, -0.15) is 0 Å². The van der Waals surface area contributed by atoms with Gasteiger partial charge in [-0.05, 0) is 36.0 Å². The second-order valence-electron chi connectivity index (χ2n) is 8.21. The van der Waals surface area contributed by atoms with Crippen LogP contribution in [0.5, 0.6) is 0 Å². The highest BCUT2D eigenvalue weighted by molar-refractivity contribution is 5.92. The topological polar surface area (TPSA) is 46.6 Å². The molecule has 0 aromatic heterocycles.